The molecule has 1 N–H and O–H groups in total. The van der Waals surface area contributed by atoms with E-state index in [2.05, 4.69) is 5.32 Å². The van der Waals surface area contributed by atoms with Crippen LogP contribution in [0.1, 0.15) is 23.2 Å². The third-order valence-electron chi connectivity index (χ3n) is 5.46. The number of para-hydroxylation sites is 1. The summed E-state index contributed by atoms with van der Waals surface area (Å²) >= 11 is 0.405. The van der Waals surface area contributed by atoms with Crippen LogP contribution in [0.25, 0.3) is 10.8 Å². The van der Waals surface area contributed by atoms with Gasteiger partial charge in [-0.1, -0.05) is 60.3 Å². The van der Waals surface area contributed by atoms with E-state index in [4.69, 9.17) is 0 Å². The molecule has 1 fully saturated rings. The Bertz CT molecular complexity index is 1100. The molecule has 1 atom stereocenters. The van der Waals surface area contributed by atoms with Crippen LogP contribution in [0.3, 0.4) is 0 Å². The third-order valence-corrected chi connectivity index (χ3v) is 6.25. The van der Waals surface area contributed by atoms with Gasteiger partial charge in [0.2, 0.25) is 5.91 Å². The van der Waals surface area contributed by atoms with E-state index < -0.39 is 11.7 Å². The highest BCUT2D eigenvalue weighted by molar-refractivity contribution is 7.99. The van der Waals surface area contributed by atoms with Crippen LogP contribution >= 0.6 is 11.8 Å². The smallest absolute Gasteiger partial charge is 0.288 e. The molecule has 4 nitrogen and oxygen atoms in total. The molecule has 0 aromatic heterocycles. The number of likely N-dealkylation sites (tertiary alicyclic amines) is 1. The number of alkyl halides is 2. The van der Waals surface area contributed by atoms with Gasteiger partial charge in [-0.15, -0.1) is 0 Å². The van der Waals surface area contributed by atoms with E-state index in [-0.39, 0.29) is 11.8 Å². The van der Waals surface area contributed by atoms with E-state index in [1.165, 1.54) is 0 Å². The number of fused-ring (bicyclic) bond motifs is 1. The van der Waals surface area contributed by atoms with E-state index in [1.54, 1.807) is 29.2 Å². The monoisotopic (exact) mass is 440 g/mol. The number of hydrogen-bond acceptors (Lipinski definition) is 3. The van der Waals surface area contributed by atoms with Crippen molar-refractivity contribution in [1.82, 2.24) is 4.90 Å². The van der Waals surface area contributed by atoms with Crippen molar-refractivity contribution in [2.24, 2.45) is 5.92 Å². The zero-order valence-electron chi connectivity index (χ0n) is 16.8. The van der Waals surface area contributed by atoms with Gasteiger partial charge in [0.15, 0.2) is 0 Å². The van der Waals surface area contributed by atoms with E-state index in [1.807, 2.05) is 42.5 Å². The molecule has 1 heterocycles. The Morgan fingerprint density at radius 1 is 1.00 bits per heavy atom. The van der Waals surface area contributed by atoms with Crippen molar-refractivity contribution in [1.29, 1.82) is 0 Å². The number of nitrogens with zero attached hydrogens (tertiary/aromatic N) is 1. The standard InChI is InChI=1S/C24H22F2N2O2S/c25-24(26)31-21-13-4-3-12-20(21)27-22(29)17-9-6-14-28(15-17)23(30)19-11-5-8-16-7-1-2-10-18(16)19/h1-5,7-8,10-13,17,24H,6,9,14-15H2,(H,27,29). The minimum atomic E-state index is -2.57. The molecule has 1 unspecified atom stereocenters. The van der Waals surface area contributed by atoms with Crippen molar-refractivity contribution in [2.45, 2.75) is 23.5 Å². The topological polar surface area (TPSA) is 49.4 Å². The minimum Gasteiger partial charge on any atom is -0.338 e. The van der Waals surface area contributed by atoms with Crippen LogP contribution in [0, 0.1) is 5.92 Å². The van der Waals surface area contributed by atoms with Gasteiger partial charge >= 0.3 is 0 Å². The molecule has 31 heavy (non-hydrogen) atoms. The average molecular weight is 441 g/mol. The Morgan fingerprint density at radius 2 is 1.74 bits per heavy atom. The lowest BCUT2D eigenvalue weighted by Crippen LogP contribution is -2.43. The van der Waals surface area contributed by atoms with Crippen LogP contribution in [0.4, 0.5) is 14.5 Å². The van der Waals surface area contributed by atoms with Crippen molar-refractivity contribution in [3.05, 3.63) is 72.3 Å². The summed E-state index contributed by atoms with van der Waals surface area (Å²) in [6.45, 7) is 0.891. The van der Waals surface area contributed by atoms with Gasteiger partial charge in [-0.25, -0.2) is 0 Å². The summed E-state index contributed by atoms with van der Waals surface area (Å²) in [6, 6.07) is 19.9. The second-order valence-electron chi connectivity index (χ2n) is 7.48. The van der Waals surface area contributed by atoms with Crippen molar-refractivity contribution in [3.63, 3.8) is 0 Å². The number of anilines is 1. The van der Waals surface area contributed by atoms with Crippen LogP contribution in [0.2, 0.25) is 0 Å². The number of amides is 2. The van der Waals surface area contributed by atoms with Gasteiger partial charge in [0, 0.05) is 23.5 Å². The van der Waals surface area contributed by atoms with Crippen molar-refractivity contribution >= 4 is 40.0 Å². The highest BCUT2D eigenvalue weighted by atomic mass is 32.2. The highest BCUT2D eigenvalue weighted by Gasteiger charge is 2.30. The molecule has 0 radical (unpaired) electrons. The first kappa shape index (κ1) is 21.3. The van der Waals surface area contributed by atoms with E-state index >= 15 is 0 Å². The molecular formula is C24H22F2N2O2S. The van der Waals surface area contributed by atoms with Crippen LogP contribution in [-0.2, 0) is 4.79 Å². The van der Waals surface area contributed by atoms with Gasteiger partial charge in [-0.2, -0.15) is 8.78 Å². The third kappa shape index (κ3) is 4.88. The average Bonchev–Trinajstić information content (AvgIpc) is 2.79. The van der Waals surface area contributed by atoms with Crippen LogP contribution in [-0.4, -0.2) is 35.6 Å². The number of halogens is 2. The number of carbonyl (C=O) groups is 2. The van der Waals surface area contributed by atoms with E-state index in [9.17, 15) is 18.4 Å². The number of rotatable bonds is 5. The molecule has 0 saturated carbocycles. The van der Waals surface area contributed by atoms with Crippen molar-refractivity contribution in [3.8, 4) is 0 Å². The Kier molecular flexibility index (Phi) is 6.51. The van der Waals surface area contributed by atoms with Crippen molar-refractivity contribution in [2.75, 3.05) is 18.4 Å². The summed E-state index contributed by atoms with van der Waals surface area (Å²) in [4.78, 5) is 28.1. The highest BCUT2D eigenvalue weighted by Crippen LogP contribution is 2.32. The number of piperidine rings is 1. The predicted octanol–water partition coefficient (Wildman–Crippen LogP) is 5.65. The molecule has 4 rings (SSSR count). The first-order valence-corrected chi connectivity index (χ1v) is 11.0. The lowest BCUT2D eigenvalue weighted by atomic mass is 9.95. The number of nitrogens with one attached hydrogen (secondary N) is 1. The maximum absolute atomic E-state index is 13.2. The molecule has 160 valence electrons. The van der Waals surface area contributed by atoms with Gasteiger partial charge in [0.1, 0.15) is 0 Å². The lowest BCUT2D eigenvalue weighted by molar-refractivity contribution is -0.121. The second-order valence-corrected chi connectivity index (χ2v) is 8.51. The summed E-state index contributed by atoms with van der Waals surface area (Å²) in [5.74, 6) is -3.31. The Labute approximate surface area is 183 Å². The summed E-state index contributed by atoms with van der Waals surface area (Å²) in [7, 11) is 0. The molecule has 2 amide bonds. The lowest BCUT2D eigenvalue weighted by Gasteiger charge is -2.32. The summed E-state index contributed by atoms with van der Waals surface area (Å²) in [5, 5.41) is 4.67. The fraction of sp³-hybridized carbons (Fsp3) is 0.250. The molecule has 0 spiro atoms. The SMILES string of the molecule is O=C(Nc1ccccc1SC(F)F)C1CCCN(C(=O)c2cccc3ccccc23)C1. The molecular weight excluding hydrogens is 418 g/mol. The van der Waals surface area contributed by atoms with Gasteiger partial charge in [0.05, 0.1) is 11.6 Å². The number of thioether (sulfide) groups is 1. The number of hydrogen-bond donors (Lipinski definition) is 1. The zero-order valence-corrected chi connectivity index (χ0v) is 17.6. The van der Waals surface area contributed by atoms with Gasteiger partial charge < -0.3 is 10.2 Å². The Hall–Kier alpha value is -2.93. The molecule has 1 aliphatic rings. The van der Waals surface area contributed by atoms with E-state index in [0.717, 1.165) is 10.8 Å². The molecule has 7 heteroatoms. The molecule has 0 aliphatic carbocycles. The van der Waals surface area contributed by atoms with Gasteiger partial charge in [0.25, 0.3) is 11.7 Å². The summed E-state index contributed by atoms with van der Waals surface area (Å²) in [6.07, 6.45) is 1.36. The normalized spacial score (nSPS) is 16.5. The maximum atomic E-state index is 13.2. The Morgan fingerprint density at radius 3 is 2.58 bits per heavy atom. The first-order valence-electron chi connectivity index (χ1n) is 10.1. The maximum Gasteiger partial charge on any atom is 0.288 e. The largest absolute Gasteiger partial charge is 0.338 e. The van der Waals surface area contributed by atoms with Crippen LogP contribution < -0.4 is 5.32 Å². The van der Waals surface area contributed by atoms with E-state index in [0.29, 0.717) is 53.8 Å². The second kappa shape index (κ2) is 9.47. The predicted molar refractivity (Wildman–Crippen MR) is 120 cm³/mol. The Balaban J connectivity index is 1.49. The molecule has 3 aromatic rings. The molecule has 1 aliphatic heterocycles. The zero-order chi connectivity index (χ0) is 21.8. The minimum absolute atomic E-state index is 0.0945. The fourth-order valence-corrected chi connectivity index (χ4v) is 4.56. The van der Waals surface area contributed by atoms with Crippen molar-refractivity contribution < 1.29 is 18.4 Å². The van der Waals surface area contributed by atoms with Gasteiger partial charge in [-0.05, 0) is 41.8 Å². The quantitative estimate of drug-likeness (QED) is 0.522. The molecule has 1 saturated heterocycles. The number of benzene rings is 3. The summed E-state index contributed by atoms with van der Waals surface area (Å²) < 4.78 is 25.6. The molecule has 0 bridgehead atoms. The fourth-order valence-electron chi connectivity index (χ4n) is 3.96. The first-order chi connectivity index (χ1) is 15.0. The summed E-state index contributed by atoms with van der Waals surface area (Å²) in [5.41, 5.74) is 0.994. The molecule has 3 aromatic carbocycles. The van der Waals surface area contributed by atoms with Gasteiger partial charge in [-0.3, -0.25) is 9.59 Å². The number of carbonyl (C=O) groups excluding carboxylic acids is 2. The van der Waals surface area contributed by atoms with Crippen LogP contribution in [0.15, 0.2) is 71.6 Å². The van der Waals surface area contributed by atoms with Crippen LogP contribution in [0.5, 0.6) is 0 Å².